The van der Waals surface area contributed by atoms with Gasteiger partial charge in [0.1, 0.15) is 5.75 Å². The fourth-order valence-electron chi connectivity index (χ4n) is 2.22. The predicted octanol–water partition coefficient (Wildman–Crippen LogP) is 3.11. The lowest BCUT2D eigenvalue weighted by molar-refractivity contribution is 0.275. The first kappa shape index (κ1) is 14.0. The Hall–Kier alpha value is -1.98. The van der Waals surface area contributed by atoms with E-state index in [9.17, 15) is 5.11 Å². The number of fused-ring (bicyclic) bond motifs is 1. The first-order chi connectivity index (χ1) is 10.3. The van der Waals surface area contributed by atoms with Gasteiger partial charge in [0.15, 0.2) is 0 Å². The summed E-state index contributed by atoms with van der Waals surface area (Å²) < 4.78 is 5.92. The summed E-state index contributed by atoms with van der Waals surface area (Å²) in [6, 6.07) is 9.61. The van der Waals surface area contributed by atoms with Crippen molar-refractivity contribution in [3.05, 3.63) is 52.1 Å². The van der Waals surface area contributed by atoms with Gasteiger partial charge in [-0.1, -0.05) is 12.1 Å². The number of hydrogen-bond donors (Lipinski definition) is 1. The molecule has 1 N–H and O–H groups in total. The molecule has 2 heterocycles. The zero-order chi connectivity index (χ0) is 14.7. The molecule has 0 saturated carbocycles. The van der Waals surface area contributed by atoms with Crippen LogP contribution in [0.2, 0.25) is 0 Å². The average molecular weight is 300 g/mol. The van der Waals surface area contributed by atoms with Crippen molar-refractivity contribution in [2.24, 2.45) is 0 Å². The minimum absolute atomic E-state index is 0.0881. The number of rotatable bonds is 5. The van der Waals surface area contributed by atoms with Crippen LogP contribution in [-0.4, -0.2) is 21.7 Å². The first-order valence-electron chi connectivity index (χ1n) is 6.79. The van der Waals surface area contributed by atoms with Gasteiger partial charge in [-0.05, 0) is 19.1 Å². The molecule has 5 heteroatoms. The number of hydrogen-bond acceptors (Lipinski definition) is 5. The fraction of sp³-hybridized carbons (Fsp3) is 0.250. The molecule has 0 bridgehead atoms. The van der Waals surface area contributed by atoms with E-state index in [2.05, 4.69) is 9.97 Å². The number of benzene rings is 1. The normalized spacial score (nSPS) is 11.0. The Kier molecular flexibility index (Phi) is 4.13. The molecule has 0 radical (unpaired) electrons. The quantitative estimate of drug-likeness (QED) is 0.786. The third kappa shape index (κ3) is 3.04. The van der Waals surface area contributed by atoms with Crippen LogP contribution < -0.4 is 4.74 Å². The third-order valence-corrected chi connectivity index (χ3v) is 4.32. The van der Waals surface area contributed by atoms with E-state index < -0.39 is 0 Å². The SMILES string of the molecule is Cc1ncsc1CCOc1cc(CO)nc2ccccc12. The van der Waals surface area contributed by atoms with Gasteiger partial charge in [0.05, 0.1) is 35.6 Å². The molecule has 0 aliphatic carbocycles. The summed E-state index contributed by atoms with van der Waals surface area (Å²) in [6.07, 6.45) is 0.835. The maximum Gasteiger partial charge on any atom is 0.130 e. The fourth-order valence-corrected chi connectivity index (χ4v) is 2.98. The minimum Gasteiger partial charge on any atom is -0.492 e. The van der Waals surface area contributed by atoms with Gasteiger partial charge in [0.2, 0.25) is 0 Å². The summed E-state index contributed by atoms with van der Waals surface area (Å²) in [5, 5.41) is 10.3. The molecule has 0 fully saturated rings. The molecule has 3 aromatic rings. The van der Waals surface area contributed by atoms with Crippen LogP contribution in [0.15, 0.2) is 35.8 Å². The van der Waals surface area contributed by atoms with Crippen LogP contribution in [-0.2, 0) is 13.0 Å². The van der Waals surface area contributed by atoms with E-state index in [-0.39, 0.29) is 6.61 Å². The second kappa shape index (κ2) is 6.20. The van der Waals surface area contributed by atoms with Crippen LogP contribution in [0.5, 0.6) is 5.75 Å². The summed E-state index contributed by atoms with van der Waals surface area (Å²) in [4.78, 5) is 9.87. The Morgan fingerprint density at radius 1 is 1.29 bits per heavy atom. The average Bonchev–Trinajstić information content (AvgIpc) is 2.92. The van der Waals surface area contributed by atoms with Crippen LogP contribution in [0.4, 0.5) is 0 Å². The Labute approximate surface area is 127 Å². The van der Waals surface area contributed by atoms with Crippen LogP contribution >= 0.6 is 11.3 Å². The van der Waals surface area contributed by atoms with Gasteiger partial charge in [-0.15, -0.1) is 11.3 Å². The number of para-hydroxylation sites is 1. The van der Waals surface area contributed by atoms with Crippen LogP contribution in [0.3, 0.4) is 0 Å². The summed E-state index contributed by atoms with van der Waals surface area (Å²) in [5.41, 5.74) is 4.39. The molecule has 3 rings (SSSR count). The number of aliphatic hydroxyl groups excluding tert-OH is 1. The van der Waals surface area contributed by atoms with E-state index in [4.69, 9.17) is 4.74 Å². The molecule has 0 spiro atoms. The molecular weight excluding hydrogens is 284 g/mol. The van der Waals surface area contributed by atoms with Crippen molar-refractivity contribution in [1.29, 1.82) is 0 Å². The lowest BCUT2D eigenvalue weighted by Crippen LogP contribution is -2.03. The maximum absolute atomic E-state index is 9.31. The monoisotopic (exact) mass is 300 g/mol. The summed E-state index contributed by atoms with van der Waals surface area (Å²) in [7, 11) is 0. The van der Waals surface area contributed by atoms with Gasteiger partial charge in [-0.2, -0.15) is 0 Å². The number of thiazole rings is 1. The number of nitrogens with zero attached hydrogens (tertiary/aromatic N) is 2. The molecule has 0 saturated heterocycles. The van der Waals surface area contributed by atoms with Gasteiger partial charge in [-0.25, -0.2) is 4.98 Å². The largest absolute Gasteiger partial charge is 0.492 e. The molecule has 1 aromatic carbocycles. The molecule has 0 atom stereocenters. The summed E-state index contributed by atoms with van der Waals surface area (Å²) in [6.45, 7) is 2.51. The highest BCUT2D eigenvalue weighted by Gasteiger charge is 2.07. The Morgan fingerprint density at radius 3 is 2.90 bits per heavy atom. The third-order valence-electron chi connectivity index (χ3n) is 3.32. The summed E-state index contributed by atoms with van der Waals surface area (Å²) >= 11 is 1.65. The second-order valence-electron chi connectivity index (χ2n) is 4.75. The van der Waals surface area contributed by atoms with Crippen molar-refractivity contribution in [3.8, 4) is 5.75 Å². The highest BCUT2D eigenvalue weighted by atomic mass is 32.1. The van der Waals surface area contributed by atoms with Gasteiger partial charge in [0.25, 0.3) is 0 Å². The number of pyridine rings is 1. The number of aliphatic hydroxyl groups is 1. The number of aromatic nitrogens is 2. The van der Waals surface area contributed by atoms with Crippen LogP contribution in [0.25, 0.3) is 10.9 Å². The molecule has 108 valence electrons. The maximum atomic E-state index is 9.31. The van der Waals surface area contributed by atoms with Crippen molar-refractivity contribution < 1.29 is 9.84 Å². The van der Waals surface area contributed by atoms with E-state index in [1.54, 1.807) is 11.3 Å². The Morgan fingerprint density at radius 2 is 2.14 bits per heavy atom. The zero-order valence-corrected chi connectivity index (χ0v) is 12.6. The summed E-state index contributed by atoms with van der Waals surface area (Å²) in [5.74, 6) is 0.770. The van der Waals surface area contributed by atoms with Crippen molar-refractivity contribution >= 4 is 22.2 Å². The van der Waals surface area contributed by atoms with Crippen molar-refractivity contribution in [3.63, 3.8) is 0 Å². The standard InChI is InChI=1S/C16H16N2O2S/c1-11-16(21-10-17-11)6-7-20-15-8-12(9-19)18-14-5-3-2-4-13(14)15/h2-5,8,10,19H,6-7,9H2,1H3. The zero-order valence-electron chi connectivity index (χ0n) is 11.7. The van der Waals surface area contributed by atoms with Gasteiger partial charge in [0, 0.05) is 22.8 Å². The molecule has 0 amide bonds. The number of aryl methyl sites for hydroxylation is 1. The molecule has 21 heavy (non-hydrogen) atoms. The molecule has 0 unspecified atom stereocenters. The van der Waals surface area contributed by atoms with E-state index in [1.807, 2.05) is 42.8 Å². The number of ether oxygens (including phenoxy) is 1. The first-order valence-corrected chi connectivity index (χ1v) is 7.67. The van der Waals surface area contributed by atoms with Crippen LogP contribution in [0, 0.1) is 6.92 Å². The Balaban J connectivity index is 1.81. The van der Waals surface area contributed by atoms with E-state index in [0.717, 1.165) is 28.8 Å². The van der Waals surface area contributed by atoms with Crippen molar-refractivity contribution in [1.82, 2.24) is 9.97 Å². The minimum atomic E-state index is -0.0881. The highest BCUT2D eigenvalue weighted by molar-refractivity contribution is 7.09. The molecule has 2 aromatic heterocycles. The van der Waals surface area contributed by atoms with E-state index in [0.29, 0.717) is 12.3 Å². The molecule has 0 aliphatic heterocycles. The van der Waals surface area contributed by atoms with E-state index >= 15 is 0 Å². The molecule has 0 aliphatic rings. The predicted molar refractivity (Wildman–Crippen MR) is 83.7 cm³/mol. The van der Waals surface area contributed by atoms with Crippen LogP contribution in [0.1, 0.15) is 16.3 Å². The van der Waals surface area contributed by atoms with E-state index in [1.165, 1.54) is 4.88 Å². The lowest BCUT2D eigenvalue weighted by atomic mass is 10.2. The van der Waals surface area contributed by atoms with Gasteiger partial charge < -0.3 is 9.84 Å². The Bertz CT molecular complexity index is 755. The van der Waals surface area contributed by atoms with Gasteiger partial charge in [-0.3, -0.25) is 4.98 Å². The molecule has 4 nitrogen and oxygen atoms in total. The van der Waals surface area contributed by atoms with Crippen molar-refractivity contribution in [2.45, 2.75) is 20.0 Å². The topological polar surface area (TPSA) is 55.2 Å². The second-order valence-corrected chi connectivity index (χ2v) is 5.69. The smallest absolute Gasteiger partial charge is 0.130 e. The van der Waals surface area contributed by atoms with Gasteiger partial charge >= 0.3 is 0 Å². The lowest BCUT2D eigenvalue weighted by Gasteiger charge is -2.10. The molecular formula is C16H16N2O2S. The highest BCUT2D eigenvalue weighted by Crippen LogP contribution is 2.26. The van der Waals surface area contributed by atoms with Crippen molar-refractivity contribution in [2.75, 3.05) is 6.61 Å².